The molecule has 0 atom stereocenters. The average Bonchev–Trinajstić information content (AvgIpc) is 3.59. The molecule has 0 saturated carbocycles. The number of benzene rings is 10. The highest BCUT2D eigenvalue weighted by Gasteiger charge is 2.44. The van der Waals surface area contributed by atoms with Gasteiger partial charge < -0.3 is 4.90 Å². The second-order valence-electron chi connectivity index (χ2n) is 14.9. The number of hydrogen-bond acceptors (Lipinski definition) is 1. The fraction of sp³-hybridized carbons (Fsp3) is 0.0182. The van der Waals surface area contributed by atoms with Gasteiger partial charge in [-0.2, -0.15) is 0 Å². The van der Waals surface area contributed by atoms with E-state index < -0.39 is 5.41 Å². The van der Waals surface area contributed by atoms with Gasteiger partial charge in [0.05, 0.1) is 11.1 Å². The lowest BCUT2D eigenvalue weighted by Crippen LogP contribution is -2.28. The molecule has 11 rings (SSSR count). The van der Waals surface area contributed by atoms with Crippen LogP contribution < -0.4 is 4.90 Å². The molecular formula is C55H37N. The van der Waals surface area contributed by atoms with E-state index in [-0.39, 0.29) is 0 Å². The first-order chi connectivity index (χ1) is 27.8. The van der Waals surface area contributed by atoms with Crippen molar-refractivity contribution in [3.05, 3.63) is 247 Å². The van der Waals surface area contributed by atoms with Gasteiger partial charge in [0.25, 0.3) is 0 Å². The van der Waals surface area contributed by atoms with Crippen molar-refractivity contribution in [2.75, 3.05) is 4.90 Å². The van der Waals surface area contributed by atoms with Crippen molar-refractivity contribution < 1.29 is 0 Å². The smallest absolute Gasteiger partial charge is 0.0714 e. The molecule has 1 nitrogen and oxygen atoms in total. The summed E-state index contributed by atoms with van der Waals surface area (Å²) >= 11 is 0. The Morgan fingerprint density at radius 3 is 1.43 bits per heavy atom. The fourth-order valence-electron chi connectivity index (χ4n) is 9.40. The highest BCUT2D eigenvalue weighted by Crippen LogP contribution is 2.56. The van der Waals surface area contributed by atoms with Crippen LogP contribution in [0.5, 0.6) is 0 Å². The molecule has 0 heterocycles. The molecule has 0 fully saturated rings. The molecule has 0 spiro atoms. The minimum absolute atomic E-state index is 0.447. The zero-order chi connectivity index (χ0) is 37.1. The Balaban J connectivity index is 1.04. The van der Waals surface area contributed by atoms with Crippen LogP contribution in [0.1, 0.15) is 22.3 Å². The Labute approximate surface area is 327 Å². The average molecular weight is 712 g/mol. The molecule has 1 aliphatic carbocycles. The number of rotatable bonds is 7. The van der Waals surface area contributed by atoms with Gasteiger partial charge >= 0.3 is 0 Å². The molecule has 1 heteroatoms. The Morgan fingerprint density at radius 1 is 0.304 bits per heavy atom. The van der Waals surface area contributed by atoms with Crippen LogP contribution in [0.25, 0.3) is 54.6 Å². The van der Waals surface area contributed by atoms with E-state index in [1.54, 1.807) is 0 Å². The van der Waals surface area contributed by atoms with Crippen molar-refractivity contribution in [1.29, 1.82) is 0 Å². The molecule has 10 aromatic rings. The summed E-state index contributed by atoms with van der Waals surface area (Å²) in [6.45, 7) is 0. The summed E-state index contributed by atoms with van der Waals surface area (Å²) in [6, 6.07) is 82.5. The molecule has 0 amide bonds. The van der Waals surface area contributed by atoms with Crippen molar-refractivity contribution in [2.45, 2.75) is 5.41 Å². The Hall–Kier alpha value is -7.22. The van der Waals surface area contributed by atoms with Gasteiger partial charge in [0.1, 0.15) is 0 Å². The number of nitrogens with zero attached hydrogens (tertiary/aromatic N) is 1. The van der Waals surface area contributed by atoms with Crippen LogP contribution >= 0.6 is 0 Å². The summed E-state index contributed by atoms with van der Waals surface area (Å²) in [7, 11) is 0. The van der Waals surface area contributed by atoms with Crippen molar-refractivity contribution in [3.63, 3.8) is 0 Å². The quantitative estimate of drug-likeness (QED) is 0.149. The third-order valence-electron chi connectivity index (χ3n) is 11.9. The van der Waals surface area contributed by atoms with Crippen LogP contribution in [0.4, 0.5) is 17.1 Å². The Bertz CT molecular complexity index is 2990. The van der Waals surface area contributed by atoms with Crippen molar-refractivity contribution in [1.82, 2.24) is 0 Å². The number of anilines is 3. The SMILES string of the molecule is c1ccc(-c2ccc(N(c3ccc(-c4cccc(C5(c6ccccc6)c6cccc7ccc8cccc5c8c67)c4)cc3)c3cccc4ccccc34)cc2)cc1. The third kappa shape index (κ3) is 4.95. The fourth-order valence-corrected chi connectivity index (χ4v) is 9.40. The first-order valence-electron chi connectivity index (χ1n) is 19.4. The third-order valence-corrected chi connectivity index (χ3v) is 11.9. The van der Waals surface area contributed by atoms with Gasteiger partial charge in [-0.3, -0.25) is 0 Å². The predicted molar refractivity (Wildman–Crippen MR) is 236 cm³/mol. The van der Waals surface area contributed by atoms with Crippen LogP contribution in [-0.2, 0) is 5.41 Å². The molecule has 0 aromatic heterocycles. The van der Waals surface area contributed by atoms with Gasteiger partial charge in [-0.05, 0) is 108 Å². The molecule has 0 aliphatic heterocycles. The minimum Gasteiger partial charge on any atom is -0.310 e. The van der Waals surface area contributed by atoms with E-state index in [2.05, 4.69) is 229 Å². The van der Waals surface area contributed by atoms with E-state index >= 15 is 0 Å². The Morgan fingerprint density at radius 2 is 0.768 bits per heavy atom. The van der Waals surface area contributed by atoms with E-state index in [0.717, 1.165) is 17.1 Å². The molecule has 10 aromatic carbocycles. The summed E-state index contributed by atoms with van der Waals surface area (Å²) in [4.78, 5) is 2.39. The number of fused-ring (bicyclic) bond motifs is 1. The summed E-state index contributed by atoms with van der Waals surface area (Å²) in [5.74, 6) is 0. The molecule has 0 saturated heterocycles. The number of hydrogen-bond donors (Lipinski definition) is 0. The monoisotopic (exact) mass is 711 g/mol. The predicted octanol–water partition coefficient (Wildman–Crippen LogP) is 14.6. The summed E-state index contributed by atoms with van der Waals surface area (Å²) in [5.41, 5.74) is 13.0. The standard InChI is InChI=1S/C55H37N/c1-3-13-38(14-4-1)39-29-33-47(34-30-39)56(52-26-12-16-41-15-7-8-23-49(41)52)48-35-31-40(32-36-48)44-19-9-22-46(37-44)55(45-20-5-2-6-21-45)50-24-10-17-42-27-28-43-18-11-25-51(55)54(43)53(42)50/h1-37H. The Kier molecular flexibility index (Phi) is 7.47. The van der Waals surface area contributed by atoms with Crippen molar-refractivity contribution in [3.8, 4) is 22.3 Å². The second kappa shape index (κ2) is 13.0. The van der Waals surface area contributed by atoms with Crippen LogP contribution in [0, 0.1) is 0 Å². The minimum atomic E-state index is -0.447. The van der Waals surface area contributed by atoms with Gasteiger partial charge in [-0.25, -0.2) is 0 Å². The first kappa shape index (κ1) is 32.2. The van der Waals surface area contributed by atoms with E-state index in [4.69, 9.17) is 0 Å². The maximum Gasteiger partial charge on any atom is 0.0714 e. The van der Waals surface area contributed by atoms with Gasteiger partial charge in [0.15, 0.2) is 0 Å². The van der Waals surface area contributed by atoms with Crippen LogP contribution in [-0.4, -0.2) is 0 Å². The molecule has 0 N–H and O–H groups in total. The molecule has 0 bridgehead atoms. The lowest BCUT2D eigenvalue weighted by Gasteiger charge is -2.34. The summed E-state index contributed by atoms with van der Waals surface area (Å²) in [6.07, 6.45) is 0. The van der Waals surface area contributed by atoms with E-state index in [1.807, 2.05) is 0 Å². The normalized spacial score (nSPS) is 12.8. The molecule has 1 aliphatic rings. The van der Waals surface area contributed by atoms with Crippen molar-refractivity contribution >= 4 is 49.4 Å². The van der Waals surface area contributed by atoms with E-state index in [1.165, 1.54) is 76.8 Å². The zero-order valence-electron chi connectivity index (χ0n) is 30.8. The van der Waals surface area contributed by atoms with Gasteiger partial charge in [-0.1, -0.05) is 188 Å². The largest absolute Gasteiger partial charge is 0.310 e. The molecular weight excluding hydrogens is 675 g/mol. The summed E-state index contributed by atoms with van der Waals surface area (Å²) in [5, 5.41) is 7.74. The van der Waals surface area contributed by atoms with Crippen molar-refractivity contribution in [2.24, 2.45) is 0 Å². The topological polar surface area (TPSA) is 3.24 Å². The molecule has 0 radical (unpaired) electrons. The van der Waals surface area contributed by atoms with Gasteiger partial charge in [0.2, 0.25) is 0 Å². The first-order valence-corrected chi connectivity index (χ1v) is 19.4. The van der Waals surface area contributed by atoms with Crippen LogP contribution in [0.15, 0.2) is 224 Å². The second-order valence-corrected chi connectivity index (χ2v) is 14.9. The molecule has 262 valence electrons. The highest BCUT2D eigenvalue weighted by molar-refractivity contribution is 6.16. The van der Waals surface area contributed by atoms with Gasteiger partial charge in [0, 0.05) is 16.8 Å². The van der Waals surface area contributed by atoms with Crippen LogP contribution in [0.3, 0.4) is 0 Å². The maximum atomic E-state index is 2.43. The van der Waals surface area contributed by atoms with E-state index in [9.17, 15) is 0 Å². The van der Waals surface area contributed by atoms with Crippen LogP contribution in [0.2, 0.25) is 0 Å². The lowest BCUT2D eigenvalue weighted by molar-refractivity contribution is 0.772. The molecule has 56 heavy (non-hydrogen) atoms. The maximum absolute atomic E-state index is 2.43. The zero-order valence-corrected chi connectivity index (χ0v) is 30.8. The summed E-state index contributed by atoms with van der Waals surface area (Å²) < 4.78 is 0. The lowest BCUT2D eigenvalue weighted by atomic mass is 9.67. The van der Waals surface area contributed by atoms with Gasteiger partial charge in [-0.15, -0.1) is 0 Å². The van der Waals surface area contributed by atoms with E-state index in [0.29, 0.717) is 0 Å². The molecule has 0 unspecified atom stereocenters. The highest BCUT2D eigenvalue weighted by atomic mass is 15.1.